The molecule has 1 aromatic carbocycles. The van der Waals surface area contributed by atoms with Crippen LogP contribution < -0.4 is 5.56 Å². The maximum Gasteiger partial charge on any atom is 0.435 e. The van der Waals surface area contributed by atoms with Crippen LogP contribution in [0.1, 0.15) is 50.4 Å². The van der Waals surface area contributed by atoms with Gasteiger partial charge in [0, 0.05) is 5.39 Å². The van der Waals surface area contributed by atoms with Crippen LogP contribution in [0.15, 0.2) is 16.9 Å². The van der Waals surface area contributed by atoms with Crippen molar-refractivity contribution in [2.24, 2.45) is 0 Å². The van der Waals surface area contributed by atoms with Gasteiger partial charge >= 0.3 is 6.09 Å². The molecule has 0 unspecified atom stereocenters. The predicted molar refractivity (Wildman–Crippen MR) is 101 cm³/mol. The van der Waals surface area contributed by atoms with Crippen LogP contribution in [0.5, 0.6) is 0 Å². The monoisotopic (exact) mass is 353 g/mol. The van der Waals surface area contributed by atoms with Gasteiger partial charge in [-0.2, -0.15) is 9.78 Å². The number of ether oxygens (including phenoxy) is 1. The third-order valence-corrected chi connectivity index (χ3v) is 4.90. The van der Waals surface area contributed by atoms with E-state index in [1.165, 1.54) is 28.7 Å². The summed E-state index contributed by atoms with van der Waals surface area (Å²) in [4.78, 5) is 28.1. The minimum Gasteiger partial charge on any atom is -0.442 e. The van der Waals surface area contributed by atoms with Crippen molar-refractivity contribution in [1.29, 1.82) is 0 Å². The highest BCUT2D eigenvalue weighted by Crippen LogP contribution is 2.29. The highest BCUT2D eigenvalue weighted by Gasteiger charge is 2.24. The van der Waals surface area contributed by atoms with E-state index in [1.54, 1.807) is 27.7 Å². The molecule has 136 valence electrons. The first-order valence-electron chi connectivity index (χ1n) is 9.05. The molecule has 0 amide bonds. The van der Waals surface area contributed by atoms with E-state index in [1.807, 2.05) is 0 Å². The number of benzene rings is 1. The molecule has 1 N–H and O–H groups in total. The Bertz CT molecular complexity index is 1100. The van der Waals surface area contributed by atoms with E-state index >= 15 is 0 Å². The second-order valence-electron chi connectivity index (χ2n) is 8.03. The molecule has 1 aliphatic rings. The highest BCUT2D eigenvalue weighted by atomic mass is 16.6. The van der Waals surface area contributed by atoms with Crippen LogP contribution >= 0.6 is 0 Å². The van der Waals surface area contributed by atoms with Crippen LogP contribution in [0.4, 0.5) is 4.79 Å². The molecule has 2 heterocycles. The topological polar surface area (TPSA) is 77.0 Å². The van der Waals surface area contributed by atoms with Crippen LogP contribution in [0, 0.1) is 6.92 Å². The Balaban J connectivity index is 1.97. The van der Waals surface area contributed by atoms with Gasteiger partial charge in [-0.15, -0.1) is 0 Å². The van der Waals surface area contributed by atoms with Gasteiger partial charge in [0.25, 0.3) is 5.56 Å². The summed E-state index contributed by atoms with van der Waals surface area (Å²) >= 11 is 0. The second kappa shape index (κ2) is 5.69. The number of aromatic amines is 1. The molecular weight excluding hydrogens is 330 g/mol. The van der Waals surface area contributed by atoms with Gasteiger partial charge < -0.3 is 9.72 Å². The van der Waals surface area contributed by atoms with Crippen molar-refractivity contribution in [3.8, 4) is 0 Å². The lowest BCUT2D eigenvalue weighted by molar-refractivity contribution is 0.0512. The minimum absolute atomic E-state index is 0.226. The first-order valence-corrected chi connectivity index (χ1v) is 9.05. The highest BCUT2D eigenvalue weighted by molar-refractivity contribution is 6.05. The number of aromatic nitrogens is 3. The number of nitrogens with one attached hydrogen (secondary N) is 1. The fourth-order valence-electron chi connectivity index (χ4n) is 3.72. The average Bonchev–Trinajstić information content (AvgIpc) is 2.90. The van der Waals surface area contributed by atoms with Crippen molar-refractivity contribution < 1.29 is 9.53 Å². The number of carbonyl (C=O) groups is 1. The molecule has 4 rings (SSSR count). The zero-order chi connectivity index (χ0) is 18.6. The first kappa shape index (κ1) is 16.8. The molecule has 2 aromatic heterocycles. The number of H-pyrrole nitrogens is 1. The van der Waals surface area contributed by atoms with E-state index in [9.17, 15) is 9.59 Å². The summed E-state index contributed by atoms with van der Waals surface area (Å²) in [6, 6.07) is 4.18. The molecule has 0 bridgehead atoms. The van der Waals surface area contributed by atoms with E-state index in [2.05, 4.69) is 22.2 Å². The first-order chi connectivity index (χ1) is 12.2. The molecule has 0 saturated heterocycles. The number of nitrogens with zero attached hydrogens (tertiary/aromatic N) is 2. The molecule has 6 nitrogen and oxygen atoms in total. The molecule has 0 fully saturated rings. The summed E-state index contributed by atoms with van der Waals surface area (Å²) < 4.78 is 6.62. The maximum atomic E-state index is 12.6. The number of hydrogen-bond donors (Lipinski definition) is 1. The lowest BCUT2D eigenvalue weighted by atomic mass is 9.90. The number of carbonyl (C=O) groups excluding carboxylic acids is 1. The number of hydrogen-bond acceptors (Lipinski definition) is 4. The summed E-state index contributed by atoms with van der Waals surface area (Å²) in [5.41, 5.74) is 3.57. The van der Waals surface area contributed by atoms with Crippen LogP contribution in [0.2, 0.25) is 0 Å². The maximum absolute atomic E-state index is 12.6. The van der Waals surface area contributed by atoms with Gasteiger partial charge in [0.05, 0.1) is 16.6 Å². The number of rotatable bonds is 0. The average molecular weight is 353 g/mol. The molecule has 26 heavy (non-hydrogen) atoms. The molecule has 0 aliphatic heterocycles. The Morgan fingerprint density at radius 1 is 1.19 bits per heavy atom. The Morgan fingerprint density at radius 2 is 1.85 bits per heavy atom. The third kappa shape index (κ3) is 2.69. The SMILES string of the molecule is Cc1c2c(=O)[nH]c3cc4c(cc3c2nn1C(=O)OC(C)(C)C)CCCC4. The van der Waals surface area contributed by atoms with Crippen molar-refractivity contribution in [2.75, 3.05) is 0 Å². The van der Waals surface area contributed by atoms with Crippen LogP contribution in [-0.2, 0) is 17.6 Å². The van der Waals surface area contributed by atoms with Crippen molar-refractivity contribution in [1.82, 2.24) is 14.8 Å². The van der Waals surface area contributed by atoms with Gasteiger partial charge in [-0.25, -0.2) is 4.79 Å². The van der Waals surface area contributed by atoms with Crippen LogP contribution in [-0.4, -0.2) is 26.5 Å². The van der Waals surface area contributed by atoms with E-state index in [-0.39, 0.29) is 5.56 Å². The predicted octanol–water partition coefficient (Wildman–Crippen LogP) is 3.85. The summed E-state index contributed by atoms with van der Waals surface area (Å²) in [5, 5.41) is 5.78. The fourth-order valence-corrected chi connectivity index (χ4v) is 3.72. The molecule has 3 aromatic rings. The number of aryl methyl sites for hydroxylation is 3. The zero-order valence-electron chi connectivity index (χ0n) is 15.6. The van der Waals surface area contributed by atoms with Gasteiger partial charge in [0.15, 0.2) is 0 Å². The largest absolute Gasteiger partial charge is 0.442 e. The van der Waals surface area contributed by atoms with Gasteiger partial charge in [-0.1, -0.05) is 0 Å². The van der Waals surface area contributed by atoms with Crippen molar-refractivity contribution in [3.63, 3.8) is 0 Å². The summed E-state index contributed by atoms with van der Waals surface area (Å²) in [6.07, 6.45) is 3.86. The van der Waals surface area contributed by atoms with Crippen molar-refractivity contribution in [2.45, 2.75) is 59.0 Å². The Hall–Kier alpha value is -2.63. The quantitative estimate of drug-likeness (QED) is 0.666. The molecule has 0 radical (unpaired) electrons. The lowest BCUT2D eigenvalue weighted by Gasteiger charge is -2.19. The summed E-state index contributed by atoms with van der Waals surface area (Å²) in [7, 11) is 0. The molecule has 1 aliphatic carbocycles. The molecule has 0 atom stereocenters. The van der Waals surface area contributed by atoms with Gasteiger partial charge in [0.1, 0.15) is 11.1 Å². The molecular formula is C20H23N3O3. The fraction of sp³-hybridized carbons (Fsp3) is 0.450. The molecule has 0 saturated carbocycles. The van der Waals surface area contributed by atoms with Crippen molar-refractivity contribution in [3.05, 3.63) is 39.3 Å². The van der Waals surface area contributed by atoms with Crippen LogP contribution in [0.3, 0.4) is 0 Å². The lowest BCUT2D eigenvalue weighted by Crippen LogP contribution is -2.28. The summed E-state index contributed by atoms with van der Waals surface area (Å²) in [5.74, 6) is 0. The second-order valence-corrected chi connectivity index (χ2v) is 8.03. The third-order valence-electron chi connectivity index (χ3n) is 4.90. The molecule has 0 spiro atoms. The Kier molecular flexibility index (Phi) is 3.68. The Labute approximate surface area is 151 Å². The summed E-state index contributed by atoms with van der Waals surface area (Å²) in [6.45, 7) is 7.13. The van der Waals surface area contributed by atoms with E-state index < -0.39 is 11.7 Å². The van der Waals surface area contributed by atoms with Gasteiger partial charge in [-0.3, -0.25) is 4.79 Å². The normalized spacial score (nSPS) is 14.6. The van der Waals surface area contributed by atoms with Crippen molar-refractivity contribution >= 4 is 27.9 Å². The van der Waals surface area contributed by atoms with Gasteiger partial charge in [0.2, 0.25) is 0 Å². The van der Waals surface area contributed by atoms with E-state index in [0.717, 1.165) is 23.7 Å². The van der Waals surface area contributed by atoms with Gasteiger partial charge in [-0.05, 0) is 76.6 Å². The standard InChI is InChI=1S/C20H23N3O3/c1-11-16-17(22-23(11)19(25)26-20(2,3)4)14-9-12-7-5-6-8-13(12)10-15(14)21-18(16)24/h9-10H,5-8H2,1-4H3,(H,21,24). The van der Waals surface area contributed by atoms with E-state index in [0.29, 0.717) is 16.6 Å². The number of pyridine rings is 1. The smallest absolute Gasteiger partial charge is 0.435 e. The minimum atomic E-state index is -0.630. The van der Waals surface area contributed by atoms with E-state index in [4.69, 9.17) is 4.74 Å². The number of fused-ring (bicyclic) bond motifs is 4. The Morgan fingerprint density at radius 3 is 2.50 bits per heavy atom. The zero-order valence-corrected chi connectivity index (χ0v) is 15.6. The van der Waals surface area contributed by atoms with Crippen LogP contribution in [0.25, 0.3) is 21.8 Å². The molecule has 6 heteroatoms.